The van der Waals surface area contributed by atoms with Gasteiger partial charge in [0.1, 0.15) is 13.2 Å². The molecule has 3 N–H and O–H groups in total. The molecule has 0 heterocycles. The average molecular weight is 674 g/mol. The molecule has 0 saturated heterocycles. The molecule has 0 aromatic rings. The zero-order valence-electron chi connectivity index (χ0n) is 30.6. The zero-order valence-corrected chi connectivity index (χ0v) is 31.5. The first kappa shape index (κ1) is 45.0. The Hall–Kier alpha value is -1.02. The highest BCUT2D eigenvalue weighted by Gasteiger charge is 2.27. The third kappa shape index (κ3) is 31.6. The predicted octanol–water partition coefficient (Wildman–Crippen LogP) is 9.41. The van der Waals surface area contributed by atoms with E-state index in [-0.39, 0.29) is 19.1 Å². The molecule has 3 unspecified atom stereocenters. The molecule has 0 spiro atoms. The summed E-state index contributed by atoms with van der Waals surface area (Å²) in [5.41, 5.74) is 0. The molecule has 3 atom stereocenters. The second-order valence-electron chi connectivity index (χ2n) is 13.9. The number of carbonyl (C=O) groups excluding carboxylic acids is 1. The van der Waals surface area contributed by atoms with E-state index in [0.717, 1.165) is 38.5 Å². The van der Waals surface area contributed by atoms with Crippen molar-refractivity contribution in [3.8, 4) is 0 Å². The number of amides is 1. The highest BCUT2D eigenvalue weighted by molar-refractivity contribution is 7.47. The van der Waals surface area contributed by atoms with Crippen LogP contribution in [0.4, 0.5) is 0 Å². The molecule has 0 bridgehead atoms. The van der Waals surface area contributed by atoms with Gasteiger partial charge in [-0.2, -0.15) is 0 Å². The maximum atomic E-state index is 12.7. The summed E-state index contributed by atoms with van der Waals surface area (Å²) in [5, 5.41) is 13.7. The van der Waals surface area contributed by atoms with Crippen molar-refractivity contribution in [1.82, 2.24) is 5.32 Å². The summed E-state index contributed by atoms with van der Waals surface area (Å²) in [6.45, 7) is 4.72. The molecular formula is C37H74N2O6P+. The Bertz CT molecular complexity index is 814. The summed E-state index contributed by atoms with van der Waals surface area (Å²) in [6.07, 6.45) is 32.6. The Balaban J connectivity index is 4.51. The molecule has 0 aliphatic carbocycles. The standard InChI is InChI=1S/C37H73N2O6P/c1-6-8-10-12-14-15-16-17-18-19-20-21-22-23-25-26-28-30-36(40)35(34-45-46(42,43)44-33-32-39(3,4)5)38-37(41)31-29-27-24-13-11-9-7-2/h22-23,28,30,35-36,40H,6-21,24-27,29,31-34H2,1-5H3,(H-,38,41,42,43)/p+1/b23-22+,30-28+. The highest BCUT2D eigenvalue weighted by atomic mass is 31.2. The molecule has 0 aliphatic rings. The molecule has 46 heavy (non-hydrogen) atoms. The summed E-state index contributed by atoms with van der Waals surface area (Å²) >= 11 is 0. The molecule has 272 valence electrons. The van der Waals surface area contributed by atoms with Gasteiger partial charge in [0, 0.05) is 6.42 Å². The van der Waals surface area contributed by atoms with Crippen LogP contribution >= 0.6 is 7.82 Å². The molecular weight excluding hydrogens is 599 g/mol. The number of phosphoric ester groups is 1. The van der Waals surface area contributed by atoms with Gasteiger partial charge in [-0.3, -0.25) is 13.8 Å². The van der Waals surface area contributed by atoms with Gasteiger partial charge >= 0.3 is 7.82 Å². The number of hydrogen-bond acceptors (Lipinski definition) is 5. The Labute approximate surface area is 284 Å². The van der Waals surface area contributed by atoms with Crippen molar-refractivity contribution in [2.75, 3.05) is 40.9 Å². The minimum atomic E-state index is -4.33. The molecule has 0 aromatic heterocycles. The summed E-state index contributed by atoms with van der Waals surface area (Å²) < 4.78 is 23.3. The molecule has 0 fully saturated rings. The number of nitrogens with one attached hydrogen (secondary N) is 1. The zero-order chi connectivity index (χ0) is 34.4. The third-order valence-corrected chi connectivity index (χ3v) is 9.16. The van der Waals surface area contributed by atoms with Crippen molar-refractivity contribution in [2.45, 2.75) is 167 Å². The lowest BCUT2D eigenvalue weighted by molar-refractivity contribution is -0.870. The first-order chi connectivity index (χ1) is 22.0. The maximum absolute atomic E-state index is 12.7. The maximum Gasteiger partial charge on any atom is 0.472 e. The SMILES string of the molecule is CCCCCCCCCCCCC/C=C/CC/C=C/C(O)C(COP(=O)(O)OCC[N+](C)(C)C)NC(=O)CCCCCCCCC. The van der Waals surface area contributed by atoms with Crippen LogP contribution in [0.25, 0.3) is 0 Å². The first-order valence-electron chi connectivity index (χ1n) is 18.7. The number of unbranched alkanes of at least 4 members (excludes halogenated alkanes) is 18. The van der Waals surface area contributed by atoms with E-state index < -0.39 is 20.0 Å². The number of allylic oxidation sites excluding steroid dienone is 3. The van der Waals surface area contributed by atoms with Gasteiger partial charge in [0.25, 0.3) is 0 Å². The monoisotopic (exact) mass is 674 g/mol. The number of phosphoric acid groups is 1. The number of rotatable bonds is 33. The van der Waals surface area contributed by atoms with E-state index >= 15 is 0 Å². The van der Waals surface area contributed by atoms with Gasteiger partial charge in [0.15, 0.2) is 0 Å². The van der Waals surface area contributed by atoms with E-state index in [4.69, 9.17) is 9.05 Å². The smallest absolute Gasteiger partial charge is 0.387 e. The van der Waals surface area contributed by atoms with Gasteiger partial charge < -0.3 is 19.8 Å². The molecule has 0 rings (SSSR count). The molecule has 0 saturated carbocycles. The van der Waals surface area contributed by atoms with Crippen molar-refractivity contribution < 1.29 is 32.9 Å². The lowest BCUT2D eigenvalue weighted by Crippen LogP contribution is -2.45. The van der Waals surface area contributed by atoms with E-state index in [1.54, 1.807) is 6.08 Å². The van der Waals surface area contributed by atoms with Crippen LogP contribution in [0.5, 0.6) is 0 Å². The predicted molar refractivity (Wildman–Crippen MR) is 194 cm³/mol. The molecule has 9 heteroatoms. The summed E-state index contributed by atoms with van der Waals surface area (Å²) in [7, 11) is 1.55. The molecule has 8 nitrogen and oxygen atoms in total. The van der Waals surface area contributed by atoms with E-state index in [9.17, 15) is 19.4 Å². The lowest BCUT2D eigenvalue weighted by atomic mass is 10.1. The Morgan fingerprint density at radius 3 is 1.74 bits per heavy atom. The van der Waals surface area contributed by atoms with Gasteiger partial charge in [-0.05, 0) is 32.1 Å². The second-order valence-corrected chi connectivity index (χ2v) is 15.4. The van der Waals surface area contributed by atoms with Gasteiger partial charge in [0.2, 0.25) is 5.91 Å². The van der Waals surface area contributed by atoms with Crippen LogP contribution in [-0.2, 0) is 18.4 Å². The number of aliphatic hydroxyl groups is 1. The Kier molecular flexibility index (Phi) is 29.4. The summed E-state index contributed by atoms with van der Waals surface area (Å²) in [4.78, 5) is 22.8. The van der Waals surface area contributed by atoms with Crippen LogP contribution in [0.2, 0.25) is 0 Å². The van der Waals surface area contributed by atoms with Crippen LogP contribution in [0.15, 0.2) is 24.3 Å². The fraction of sp³-hybridized carbons (Fsp3) is 0.865. The van der Waals surface area contributed by atoms with E-state index in [1.165, 1.54) is 96.3 Å². The van der Waals surface area contributed by atoms with Crippen molar-refractivity contribution in [3.05, 3.63) is 24.3 Å². The van der Waals surface area contributed by atoms with Crippen LogP contribution < -0.4 is 5.32 Å². The lowest BCUT2D eigenvalue weighted by Gasteiger charge is -2.25. The number of likely N-dealkylation sites (N-methyl/N-ethyl adjacent to an activating group) is 1. The molecule has 0 aliphatic heterocycles. The van der Waals surface area contributed by atoms with Gasteiger partial charge in [-0.15, -0.1) is 0 Å². The fourth-order valence-electron chi connectivity index (χ4n) is 5.11. The van der Waals surface area contributed by atoms with Crippen molar-refractivity contribution in [1.29, 1.82) is 0 Å². The minimum absolute atomic E-state index is 0.0573. The number of aliphatic hydroxyl groups excluding tert-OH is 1. The third-order valence-electron chi connectivity index (χ3n) is 8.17. The number of carbonyl (C=O) groups is 1. The normalized spacial score (nSPS) is 15.0. The number of hydrogen-bond donors (Lipinski definition) is 3. The molecule has 0 aromatic carbocycles. The first-order valence-corrected chi connectivity index (χ1v) is 20.2. The van der Waals surface area contributed by atoms with Crippen molar-refractivity contribution >= 4 is 13.7 Å². The number of quaternary nitrogens is 1. The van der Waals surface area contributed by atoms with Crippen molar-refractivity contribution in [3.63, 3.8) is 0 Å². The van der Waals surface area contributed by atoms with Crippen LogP contribution in [0.3, 0.4) is 0 Å². The largest absolute Gasteiger partial charge is 0.472 e. The summed E-state index contributed by atoms with van der Waals surface area (Å²) in [6, 6.07) is -0.854. The summed E-state index contributed by atoms with van der Waals surface area (Å²) in [5.74, 6) is -0.196. The molecule has 0 radical (unpaired) electrons. The van der Waals surface area contributed by atoms with E-state index in [0.29, 0.717) is 17.4 Å². The van der Waals surface area contributed by atoms with Crippen LogP contribution in [-0.4, -0.2) is 73.4 Å². The van der Waals surface area contributed by atoms with Crippen molar-refractivity contribution in [2.24, 2.45) is 0 Å². The molecule has 1 amide bonds. The second kappa shape index (κ2) is 30.1. The topological polar surface area (TPSA) is 105 Å². The van der Waals surface area contributed by atoms with Crippen LogP contribution in [0, 0.1) is 0 Å². The Morgan fingerprint density at radius 2 is 1.20 bits per heavy atom. The quantitative estimate of drug-likeness (QED) is 0.0278. The van der Waals surface area contributed by atoms with E-state index in [1.807, 2.05) is 27.2 Å². The fourth-order valence-corrected chi connectivity index (χ4v) is 5.85. The minimum Gasteiger partial charge on any atom is -0.387 e. The van der Waals surface area contributed by atoms with Gasteiger partial charge in [0.05, 0.1) is 39.9 Å². The van der Waals surface area contributed by atoms with E-state index in [2.05, 4.69) is 31.3 Å². The average Bonchev–Trinajstić information content (AvgIpc) is 2.99. The van der Waals surface area contributed by atoms with Gasteiger partial charge in [-0.1, -0.05) is 141 Å². The highest BCUT2D eigenvalue weighted by Crippen LogP contribution is 2.43. The number of nitrogens with zero attached hydrogens (tertiary/aromatic N) is 1. The van der Waals surface area contributed by atoms with Crippen LogP contribution in [0.1, 0.15) is 155 Å². The van der Waals surface area contributed by atoms with Gasteiger partial charge in [-0.25, -0.2) is 4.57 Å². The Morgan fingerprint density at radius 1 is 0.717 bits per heavy atom.